The van der Waals surface area contributed by atoms with Gasteiger partial charge in [0.05, 0.1) is 29.0 Å². The molecule has 1 N–H and O–H groups in total. The molecule has 3 aromatic carbocycles. The first-order chi connectivity index (χ1) is 17.7. The zero-order chi connectivity index (χ0) is 26.6. The van der Waals surface area contributed by atoms with Crippen molar-refractivity contribution in [3.63, 3.8) is 0 Å². The van der Waals surface area contributed by atoms with Crippen molar-refractivity contribution in [2.75, 3.05) is 23.9 Å². The maximum Gasteiger partial charge on any atom is 0.416 e. The van der Waals surface area contributed by atoms with E-state index in [4.69, 9.17) is 21.7 Å². The van der Waals surface area contributed by atoms with E-state index in [0.29, 0.717) is 22.7 Å². The summed E-state index contributed by atoms with van der Waals surface area (Å²) >= 11 is 6.25. The van der Waals surface area contributed by atoms with E-state index in [0.717, 1.165) is 28.8 Å². The zero-order valence-corrected chi connectivity index (χ0v) is 20.9. The minimum absolute atomic E-state index is 0.0517. The largest absolute Gasteiger partial charge is 0.495 e. The van der Waals surface area contributed by atoms with Crippen molar-refractivity contribution in [3.05, 3.63) is 88.8 Å². The lowest BCUT2D eigenvalue weighted by Crippen LogP contribution is -2.27. The Morgan fingerprint density at radius 1 is 1.08 bits per heavy atom. The highest BCUT2D eigenvalue weighted by Crippen LogP contribution is 2.38. The first-order valence-corrected chi connectivity index (χ1v) is 12.0. The number of alkyl halides is 3. The number of benzene rings is 3. The minimum Gasteiger partial charge on any atom is -0.495 e. The summed E-state index contributed by atoms with van der Waals surface area (Å²) in [7, 11) is 1.51. The van der Waals surface area contributed by atoms with Crippen LogP contribution in [-0.2, 0) is 15.8 Å². The fourth-order valence-electron chi connectivity index (χ4n) is 3.41. The quantitative estimate of drug-likeness (QED) is 0.285. The Morgan fingerprint density at radius 3 is 2.51 bits per heavy atom. The third-order valence-electron chi connectivity index (χ3n) is 5.15. The number of carbonyl (C=O) groups excluding carboxylic acids is 2. The molecule has 0 bridgehead atoms. The number of para-hydroxylation sites is 2. The van der Waals surface area contributed by atoms with E-state index in [1.165, 1.54) is 19.2 Å². The molecular formula is C26H19F3N2O4S2. The molecule has 0 radical (unpaired) electrons. The van der Waals surface area contributed by atoms with E-state index in [1.807, 2.05) is 0 Å². The molecule has 0 spiro atoms. The smallest absolute Gasteiger partial charge is 0.416 e. The average molecular weight is 545 g/mol. The lowest BCUT2D eigenvalue weighted by Gasteiger charge is -2.16. The number of nitrogens with one attached hydrogen (secondary N) is 1. The maximum absolute atomic E-state index is 13.1. The maximum atomic E-state index is 13.1. The van der Waals surface area contributed by atoms with E-state index in [1.54, 1.807) is 54.6 Å². The first-order valence-electron chi connectivity index (χ1n) is 10.8. The predicted octanol–water partition coefficient (Wildman–Crippen LogP) is 6.14. The Hall–Kier alpha value is -3.83. The van der Waals surface area contributed by atoms with Gasteiger partial charge in [0.25, 0.3) is 11.8 Å². The molecule has 4 rings (SSSR count). The molecule has 0 saturated carbocycles. The van der Waals surface area contributed by atoms with Crippen LogP contribution < -0.4 is 19.7 Å². The molecule has 2 amide bonds. The SMILES string of the molecule is COc1ccccc1NC(=O)COc1ccc(/C=C2/SC(=S)N(c3cccc(C(F)(F)F)c3)C2=O)cc1. The summed E-state index contributed by atoms with van der Waals surface area (Å²) < 4.78 is 50.1. The second-order valence-corrected chi connectivity index (χ2v) is 9.35. The summed E-state index contributed by atoms with van der Waals surface area (Å²) in [6.45, 7) is -0.229. The average Bonchev–Trinajstić information content (AvgIpc) is 3.15. The summed E-state index contributed by atoms with van der Waals surface area (Å²) in [5, 5.41) is 2.71. The highest BCUT2D eigenvalue weighted by molar-refractivity contribution is 8.27. The highest BCUT2D eigenvalue weighted by Gasteiger charge is 2.36. The summed E-state index contributed by atoms with van der Waals surface area (Å²) in [6, 6.07) is 18.1. The molecule has 1 fully saturated rings. The van der Waals surface area contributed by atoms with Crippen LogP contribution in [0.5, 0.6) is 11.5 Å². The third-order valence-corrected chi connectivity index (χ3v) is 6.46. The van der Waals surface area contributed by atoms with Gasteiger partial charge in [-0.1, -0.05) is 54.3 Å². The number of methoxy groups -OCH3 is 1. The molecule has 1 aliphatic heterocycles. The van der Waals surface area contributed by atoms with Gasteiger partial charge in [-0.2, -0.15) is 13.2 Å². The summed E-state index contributed by atoms with van der Waals surface area (Å²) in [4.78, 5) is 26.5. The van der Waals surface area contributed by atoms with E-state index < -0.39 is 17.6 Å². The summed E-state index contributed by atoms with van der Waals surface area (Å²) in [5.74, 6) is 0.0806. The second-order valence-electron chi connectivity index (χ2n) is 7.67. The van der Waals surface area contributed by atoms with Gasteiger partial charge < -0.3 is 14.8 Å². The second kappa shape index (κ2) is 11.1. The number of halogens is 3. The van der Waals surface area contributed by atoms with Crippen LogP contribution in [0.4, 0.5) is 24.5 Å². The number of rotatable bonds is 7. The molecule has 0 atom stereocenters. The number of anilines is 2. The molecular weight excluding hydrogens is 525 g/mol. The van der Waals surface area contributed by atoms with Crippen molar-refractivity contribution in [3.8, 4) is 11.5 Å². The zero-order valence-electron chi connectivity index (χ0n) is 19.2. The Balaban J connectivity index is 1.39. The van der Waals surface area contributed by atoms with Crippen LogP contribution in [0.15, 0.2) is 77.7 Å². The predicted molar refractivity (Wildman–Crippen MR) is 141 cm³/mol. The van der Waals surface area contributed by atoms with Crippen LogP contribution in [0.3, 0.4) is 0 Å². The van der Waals surface area contributed by atoms with Gasteiger partial charge in [0, 0.05) is 0 Å². The van der Waals surface area contributed by atoms with Gasteiger partial charge in [0.1, 0.15) is 11.5 Å². The van der Waals surface area contributed by atoms with Crippen molar-refractivity contribution >= 4 is 57.6 Å². The fourth-order valence-corrected chi connectivity index (χ4v) is 4.71. The molecule has 190 valence electrons. The number of carbonyl (C=O) groups is 2. The standard InChI is InChI=1S/C26H19F3N2O4S2/c1-34-21-8-3-2-7-20(21)30-23(32)15-35-19-11-9-16(10-12-19)13-22-24(33)31(25(36)37-22)18-6-4-5-17(14-18)26(27,28)29/h2-14H,15H2,1H3,(H,30,32)/b22-13+. The third kappa shape index (κ3) is 6.30. The Kier molecular flexibility index (Phi) is 7.84. The molecule has 0 aromatic heterocycles. The normalized spacial score (nSPS) is 14.7. The number of amides is 2. The Bertz CT molecular complexity index is 1370. The van der Waals surface area contributed by atoms with Gasteiger partial charge in [-0.15, -0.1) is 0 Å². The monoisotopic (exact) mass is 544 g/mol. The summed E-state index contributed by atoms with van der Waals surface area (Å²) in [6.07, 6.45) is -2.95. The van der Waals surface area contributed by atoms with Crippen LogP contribution in [0.25, 0.3) is 6.08 Å². The fraction of sp³-hybridized carbons (Fsp3) is 0.115. The molecule has 1 heterocycles. The molecule has 3 aromatic rings. The molecule has 11 heteroatoms. The number of nitrogens with zero attached hydrogens (tertiary/aromatic N) is 1. The first kappa shape index (κ1) is 26.2. The van der Waals surface area contributed by atoms with Crippen molar-refractivity contribution in [1.82, 2.24) is 0 Å². The number of hydrogen-bond donors (Lipinski definition) is 1. The van der Waals surface area contributed by atoms with Crippen LogP contribution in [-0.4, -0.2) is 29.9 Å². The van der Waals surface area contributed by atoms with E-state index in [-0.39, 0.29) is 27.4 Å². The van der Waals surface area contributed by atoms with Crippen LogP contribution >= 0.6 is 24.0 Å². The van der Waals surface area contributed by atoms with Gasteiger partial charge in [-0.25, -0.2) is 0 Å². The molecule has 0 unspecified atom stereocenters. The van der Waals surface area contributed by atoms with E-state index in [2.05, 4.69) is 5.32 Å². The molecule has 0 aliphatic carbocycles. The van der Waals surface area contributed by atoms with Gasteiger partial charge in [-0.3, -0.25) is 14.5 Å². The molecule has 1 aliphatic rings. The van der Waals surface area contributed by atoms with Gasteiger partial charge in [0.15, 0.2) is 10.9 Å². The van der Waals surface area contributed by atoms with Crippen LogP contribution in [0.1, 0.15) is 11.1 Å². The van der Waals surface area contributed by atoms with Gasteiger partial charge >= 0.3 is 6.18 Å². The van der Waals surface area contributed by atoms with Gasteiger partial charge in [-0.05, 0) is 54.1 Å². The van der Waals surface area contributed by atoms with Crippen LogP contribution in [0.2, 0.25) is 0 Å². The lowest BCUT2D eigenvalue weighted by atomic mass is 10.1. The number of thiocarbonyl (C=S) groups is 1. The molecule has 6 nitrogen and oxygen atoms in total. The summed E-state index contributed by atoms with van der Waals surface area (Å²) in [5.41, 5.74) is 0.359. The van der Waals surface area contributed by atoms with E-state index in [9.17, 15) is 22.8 Å². The van der Waals surface area contributed by atoms with Crippen LogP contribution in [0, 0.1) is 0 Å². The van der Waals surface area contributed by atoms with E-state index >= 15 is 0 Å². The lowest BCUT2D eigenvalue weighted by molar-refractivity contribution is -0.137. The van der Waals surface area contributed by atoms with Crippen molar-refractivity contribution < 1.29 is 32.2 Å². The molecule has 1 saturated heterocycles. The number of hydrogen-bond acceptors (Lipinski definition) is 6. The number of ether oxygens (including phenoxy) is 2. The van der Waals surface area contributed by atoms with Crippen molar-refractivity contribution in [2.24, 2.45) is 0 Å². The Morgan fingerprint density at radius 2 is 1.81 bits per heavy atom. The molecule has 37 heavy (non-hydrogen) atoms. The Labute approximate surface area is 220 Å². The highest BCUT2D eigenvalue weighted by atomic mass is 32.2. The van der Waals surface area contributed by atoms with Gasteiger partial charge in [0.2, 0.25) is 0 Å². The van der Waals surface area contributed by atoms with Crippen molar-refractivity contribution in [2.45, 2.75) is 6.18 Å². The van der Waals surface area contributed by atoms with Crippen molar-refractivity contribution in [1.29, 1.82) is 0 Å². The topological polar surface area (TPSA) is 67.9 Å². The minimum atomic E-state index is -4.54. The number of thioether (sulfide) groups is 1.